The van der Waals surface area contributed by atoms with Gasteiger partial charge in [-0.25, -0.2) is 9.67 Å². The zero-order chi connectivity index (χ0) is 22.5. The van der Waals surface area contributed by atoms with Crippen molar-refractivity contribution in [1.29, 1.82) is 0 Å². The number of rotatable bonds is 7. The second-order valence-electron chi connectivity index (χ2n) is 7.46. The molecule has 0 bridgehead atoms. The molecule has 0 unspecified atom stereocenters. The zero-order valence-corrected chi connectivity index (χ0v) is 17.8. The van der Waals surface area contributed by atoms with Gasteiger partial charge in [-0.2, -0.15) is 0 Å². The first-order valence-corrected chi connectivity index (χ1v) is 10.5. The lowest BCUT2D eigenvalue weighted by atomic mass is 10.1. The second kappa shape index (κ2) is 9.42. The van der Waals surface area contributed by atoms with E-state index in [9.17, 15) is 4.79 Å². The van der Waals surface area contributed by atoms with Gasteiger partial charge in [-0.1, -0.05) is 60.7 Å². The summed E-state index contributed by atoms with van der Waals surface area (Å²) >= 11 is 0. The number of hydrogen-bond acceptors (Lipinski definition) is 5. The minimum Gasteiger partial charge on any atom is -0.354 e. The van der Waals surface area contributed by atoms with Gasteiger partial charge in [0.15, 0.2) is 11.6 Å². The molecule has 33 heavy (non-hydrogen) atoms. The molecule has 7 heteroatoms. The molecule has 5 rings (SSSR count). The fourth-order valence-corrected chi connectivity index (χ4v) is 3.51. The molecule has 162 valence electrons. The van der Waals surface area contributed by atoms with Crippen LogP contribution >= 0.6 is 0 Å². The third-order valence-electron chi connectivity index (χ3n) is 5.12. The van der Waals surface area contributed by atoms with E-state index in [0.29, 0.717) is 23.8 Å². The fraction of sp³-hybridized carbons (Fsp3) is 0.0769. The van der Waals surface area contributed by atoms with Gasteiger partial charge in [0.25, 0.3) is 0 Å². The topological polar surface area (TPSA) is 85.7 Å². The number of hydrogen-bond donors (Lipinski definition) is 1. The SMILES string of the molecule is O=c1cc(-c2nc(-c3ccnc(-c4ccccc4)c3)nn2COCc2ccccc2)cc[nH]1. The maximum absolute atomic E-state index is 11.9. The van der Waals surface area contributed by atoms with Crippen LogP contribution in [-0.4, -0.2) is 24.7 Å². The van der Waals surface area contributed by atoms with Crippen LogP contribution in [0, 0.1) is 0 Å². The number of nitrogens with one attached hydrogen (secondary N) is 1. The standard InChI is InChI=1S/C26H21N5O2/c32-24-16-22(12-14-28-24)26-29-25(30-31(26)18-33-17-19-7-3-1-4-8-19)21-11-13-27-23(15-21)20-9-5-2-6-10-20/h1-16H,17-18H2,(H,28,32). The molecular formula is C26H21N5O2. The first-order valence-electron chi connectivity index (χ1n) is 10.5. The molecule has 0 aliphatic carbocycles. The van der Waals surface area contributed by atoms with Gasteiger partial charge in [0.2, 0.25) is 5.56 Å². The number of benzene rings is 2. The number of ether oxygens (including phenoxy) is 1. The van der Waals surface area contributed by atoms with Crippen molar-refractivity contribution >= 4 is 0 Å². The summed E-state index contributed by atoms with van der Waals surface area (Å²) in [5, 5.41) is 4.69. The minimum absolute atomic E-state index is 0.195. The molecule has 0 saturated carbocycles. The van der Waals surface area contributed by atoms with Crippen LogP contribution in [0.3, 0.4) is 0 Å². The predicted molar refractivity (Wildman–Crippen MR) is 126 cm³/mol. The molecule has 7 nitrogen and oxygen atoms in total. The second-order valence-corrected chi connectivity index (χ2v) is 7.46. The molecule has 3 aromatic heterocycles. The Morgan fingerprint density at radius 1 is 0.848 bits per heavy atom. The molecule has 0 saturated heterocycles. The highest BCUT2D eigenvalue weighted by atomic mass is 16.5. The maximum atomic E-state index is 11.9. The number of H-pyrrole nitrogens is 1. The first-order chi connectivity index (χ1) is 16.3. The molecule has 2 aromatic carbocycles. The van der Waals surface area contributed by atoms with E-state index in [0.717, 1.165) is 22.4 Å². The van der Waals surface area contributed by atoms with Crippen LogP contribution in [0.25, 0.3) is 34.0 Å². The third-order valence-corrected chi connectivity index (χ3v) is 5.12. The molecule has 1 N–H and O–H groups in total. The Balaban J connectivity index is 1.48. The Hall–Kier alpha value is -4.36. The van der Waals surface area contributed by atoms with Gasteiger partial charge >= 0.3 is 0 Å². The van der Waals surface area contributed by atoms with Crippen LogP contribution in [0.1, 0.15) is 5.56 Å². The van der Waals surface area contributed by atoms with Gasteiger partial charge in [0.1, 0.15) is 6.73 Å². The van der Waals surface area contributed by atoms with Gasteiger partial charge in [0, 0.05) is 35.2 Å². The van der Waals surface area contributed by atoms with E-state index in [1.165, 1.54) is 6.07 Å². The van der Waals surface area contributed by atoms with E-state index in [2.05, 4.69) is 9.97 Å². The maximum Gasteiger partial charge on any atom is 0.248 e. The van der Waals surface area contributed by atoms with E-state index in [4.69, 9.17) is 14.8 Å². The van der Waals surface area contributed by atoms with Crippen LogP contribution in [-0.2, 0) is 18.1 Å². The average Bonchev–Trinajstić information content (AvgIpc) is 3.30. The Morgan fingerprint density at radius 3 is 2.42 bits per heavy atom. The molecule has 0 spiro atoms. The Kier molecular flexibility index (Phi) is 5.86. The quantitative estimate of drug-likeness (QED) is 0.406. The fourth-order valence-electron chi connectivity index (χ4n) is 3.51. The molecule has 0 aliphatic rings. The van der Waals surface area contributed by atoms with Gasteiger partial charge < -0.3 is 9.72 Å². The predicted octanol–water partition coefficient (Wildman–Crippen LogP) is 4.54. The average molecular weight is 435 g/mol. The lowest BCUT2D eigenvalue weighted by Crippen LogP contribution is -2.09. The van der Waals surface area contributed by atoms with Crippen molar-refractivity contribution in [2.75, 3.05) is 0 Å². The van der Waals surface area contributed by atoms with E-state index in [-0.39, 0.29) is 12.3 Å². The molecule has 0 atom stereocenters. The van der Waals surface area contributed by atoms with Crippen LogP contribution < -0.4 is 5.56 Å². The summed E-state index contributed by atoms with van der Waals surface area (Å²) in [6, 6.07) is 27.0. The largest absolute Gasteiger partial charge is 0.354 e. The summed E-state index contributed by atoms with van der Waals surface area (Å²) in [5.41, 5.74) is 4.21. The molecule has 0 aliphatic heterocycles. The van der Waals surface area contributed by atoms with Crippen LogP contribution in [0.4, 0.5) is 0 Å². The van der Waals surface area contributed by atoms with Crippen molar-refractivity contribution in [3.05, 3.63) is 113 Å². The van der Waals surface area contributed by atoms with E-state index in [1.54, 1.807) is 23.1 Å². The van der Waals surface area contributed by atoms with Crippen molar-refractivity contribution in [2.24, 2.45) is 0 Å². The van der Waals surface area contributed by atoms with Crippen molar-refractivity contribution in [3.8, 4) is 34.0 Å². The van der Waals surface area contributed by atoms with Crippen LogP contribution in [0.5, 0.6) is 0 Å². The van der Waals surface area contributed by atoms with Gasteiger partial charge in [-0.3, -0.25) is 9.78 Å². The summed E-state index contributed by atoms with van der Waals surface area (Å²) in [7, 11) is 0. The van der Waals surface area contributed by atoms with Crippen molar-refractivity contribution in [3.63, 3.8) is 0 Å². The van der Waals surface area contributed by atoms with Crippen LogP contribution in [0.2, 0.25) is 0 Å². The highest BCUT2D eigenvalue weighted by molar-refractivity contribution is 5.68. The lowest BCUT2D eigenvalue weighted by Gasteiger charge is -2.07. The van der Waals surface area contributed by atoms with E-state index < -0.39 is 0 Å². The van der Waals surface area contributed by atoms with Crippen molar-refractivity contribution < 1.29 is 4.74 Å². The highest BCUT2D eigenvalue weighted by Crippen LogP contribution is 2.25. The normalized spacial score (nSPS) is 10.9. The molecule has 0 radical (unpaired) electrons. The number of nitrogens with zero attached hydrogens (tertiary/aromatic N) is 4. The third kappa shape index (κ3) is 4.78. The lowest BCUT2D eigenvalue weighted by molar-refractivity contribution is 0.0572. The van der Waals surface area contributed by atoms with Crippen molar-refractivity contribution in [1.82, 2.24) is 24.7 Å². The summed E-state index contributed by atoms with van der Waals surface area (Å²) in [4.78, 5) is 23.8. The minimum atomic E-state index is -0.205. The van der Waals surface area contributed by atoms with Gasteiger partial charge in [0.05, 0.1) is 12.3 Å². The molecule has 5 aromatic rings. The van der Waals surface area contributed by atoms with Gasteiger partial charge in [-0.05, 0) is 23.8 Å². The Bertz CT molecular complexity index is 1410. The Labute approximate surface area is 190 Å². The Morgan fingerprint density at radius 2 is 1.64 bits per heavy atom. The number of pyridine rings is 2. The molecule has 3 heterocycles. The molecule has 0 amide bonds. The monoisotopic (exact) mass is 435 g/mol. The number of aromatic nitrogens is 5. The van der Waals surface area contributed by atoms with Gasteiger partial charge in [-0.15, -0.1) is 5.10 Å². The summed E-state index contributed by atoms with van der Waals surface area (Å²) in [5.74, 6) is 1.09. The highest BCUT2D eigenvalue weighted by Gasteiger charge is 2.15. The van der Waals surface area contributed by atoms with Crippen LogP contribution in [0.15, 0.2) is 102 Å². The first kappa shape index (κ1) is 20.5. The van der Waals surface area contributed by atoms with E-state index >= 15 is 0 Å². The molecular weight excluding hydrogens is 414 g/mol. The van der Waals surface area contributed by atoms with E-state index in [1.807, 2.05) is 72.8 Å². The summed E-state index contributed by atoms with van der Waals surface area (Å²) in [6.07, 6.45) is 3.35. The van der Waals surface area contributed by atoms with Crippen molar-refractivity contribution in [2.45, 2.75) is 13.3 Å². The smallest absolute Gasteiger partial charge is 0.248 e. The summed E-state index contributed by atoms with van der Waals surface area (Å²) in [6.45, 7) is 0.638. The molecule has 0 fully saturated rings. The number of aromatic amines is 1. The zero-order valence-electron chi connectivity index (χ0n) is 17.8. The summed E-state index contributed by atoms with van der Waals surface area (Å²) < 4.78 is 7.58.